The second-order valence-electron chi connectivity index (χ2n) is 4.60. The highest BCUT2D eigenvalue weighted by Gasteiger charge is 2.00. The quantitative estimate of drug-likeness (QED) is 0.633. The average molecular weight is 264 g/mol. The molecule has 0 aliphatic rings. The molecular formula is C16H16N4. The Morgan fingerprint density at radius 3 is 2.55 bits per heavy atom. The maximum atomic E-state index is 5.92. The largest absolute Gasteiger partial charge is 0.398 e. The first-order valence-corrected chi connectivity index (χ1v) is 6.49. The molecule has 0 unspecified atom stereocenters. The zero-order chi connectivity index (χ0) is 13.8. The van der Waals surface area contributed by atoms with Gasteiger partial charge in [-0.15, -0.1) is 0 Å². The minimum absolute atomic E-state index is 0.718. The van der Waals surface area contributed by atoms with Gasteiger partial charge >= 0.3 is 0 Å². The number of imidazole rings is 1. The van der Waals surface area contributed by atoms with Gasteiger partial charge in [0, 0.05) is 17.9 Å². The summed E-state index contributed by atoms with van der Waals surface area (Å²) in [7, 11) is 0. The minimum atomic E-state index is 0.718. The number of anilines is 2. The van der Waals surface area contributed by atoms with Crippen LogP contribution in [0.2, 0.25) is 0 Å². The summed E-state index contributed by atoms with van der Waals surface area (Å²) in [5.41, 5.74) is 11.0. The van der Waals surface area contributed by atoms with Crippen LogP contribution in [0.25, 0.3) is 11.3 Å². The van der Waals surface area contributed by atoms with Gasteiger partial charge in [0.15, 0.2) is 0 Å². The summed E-state index contributed by atoms with van der Waals surface area (Å²) in [6.45, 7) is 0.718. The molecule has 4 heteroatoms. The molecule has 0 amide bonds. The van der Waals surface area contributed by atoms with Crippen LogP contribution in [0.15, 0.2) is 61.1 Å². The first-order chi connectivity index (χ1) is 9.83. The molecule has 0 saturated heterocycles. The number of nitrogens with zero attached hydrogens (tertiary/aromatic N) is 1. The minimum Gasteiger partial charge on any atom is -0.398 e. The zero-order valence-electron chi connectivity index (χ0n) is 11.0. The topological polar surface area (TPSA) is 66.7 Å². The van der Waals surface area contributed by atoms with E-state index in [0.29, 0.717) is 0 Å². The smallest absolute Gasteiger partial charge is 0.0924 e. The fourth-order valence-electron chi connectivity index (χ4n) is 2.07. The van der Waals surface area contributed by atoms with Gasteiger partial charge in [-0.1, -0.05) is 30.3 Å². The van der Waals surface area contributed by atoms with Gasteiger partial charge in [0.1, 0.15) is 0 Å². The number of hydrogen-bond donors (Lipinski definition) is 3. The lowest BCUT2D eigenvalue weighted by Gasteiger charge is -2.09. The number of nitrogens with one attached hydrogen (secondary N) is 2. The monoisotopic (exact) mass is 264 g/mol. The summed E-state index contributed by atoms with van der Waals surface area (Å²) in [6.07, 6.45) is 3.49. The highest BCUT2D eigenvalue weighted by Crippen LogP contribution is 2.19. The first kappa shape index (κ1) is 12.3. The van der Waals surface area contributed by atoms with Crippen molar-refractivity contribution in [3.63, 3.8) is 0 Å². The van der Waals surface area contributed by atoms with Crippen LogP contribution >= 0.6 is 0 Å². The summed E-state index contributed by atoms with van der Waals surface area (Å²) >= 11 is 0. The third-order valence-electron chi connectivity index (χ3n) is 3.23. The van der Waals surface area contributed by atoms with Gasteiger partial charge in [0.2, 0.25) is 0 Å². The molecule has 0 bridgehead atoms. The number of benzene rings is 2. The summed E-state index contributed by atoms with van der Waals surface area (Å²) in [4.78, 5) is 7.11. The molecule has 20 heavy (non-hydrogen) atoms. The van der Waals surface area contributed by atoms with Crippen molar-refractivity contribution in [2.75, 3.05) is 11.1 Å². The van der Waals surface area contributed by atoms with Gasteiger partial charge < -0.3 is 16.0 Å². The zero-order valence-corrected chi connectivity index (χ0v) is 11.0. The van der Waals surface area contributed by atoms with E-state index in [1.54, 1.807) is 6.33 Å². The van der Waals surface area contributed by atoms with Crippen LogP contribution in [-0.4, -0.2) is 9.97 Å². The van der Waals surface area contributed by atoms with Crippen molar-refractivity contribution >= 4 is 11.4 Å². The lowest BCUT2D eigenvalue weighted by Crippen LogP contribution is -2.02. The number of H-pyrrole nitrogens is 1. The Morgan fingerprint density at radius 2 is 1.85 bits per heavy atom. The number of nitrogen functional groups attached to an aromatic ring is 1. The van der Waals surface area contributed by atoms with E-state index < -0.39 is 0 Å². The number of para-hydroxylation sites is 1. The van der Waals surface area contributed by atoms with Crippen molar-refractivity contribution in [1.29, 1.82) is 0 Å². The fourth-order valence-corrected chi connectivity index (χ4v) is 2.07. The Morgan fingerprint density at radius 1 is 1.05 bits per heavy atom. The maximum absolute atomic E-state index is 5.92. The van der Waals surface area contributed by atoms with Crippen LogP contribution in [0, 0.1) is 0 Å². The molecule has 3 rings (SSSR count). The predicted molar refractivity (Wildman–Crippen MR) is 82.2 cm³/mol. The Kier molecular flexibility index (Phi) is 3.37. The van der Waals surface area contributed by atoms with Gasteiger partial charge in [-0.25, -0.2) is 4.98 Å². The lowest BCUT2D eigenvalue weighted by atomic mass is 10.1. The maximum Gasteiger partial charge on any atom is 0.0924 e. The molecule has 100 valence electrons. The molecule has 4 N–H and O–H groups in total. The van der Waals surface area contributed by atoms with Gasteiger partial charge in [-0.2, -0.15) is 0 Å². The number of hydrogen-bond acceptors (Lipinski definition) is 3. The molecule has 0 fully saturated rings. The molecule has 0 atom stereocenters. The number of aromatic amines is 1. The van der Waals surface area contributed by atoms with Crippen LogP contribution in [0.5, 0.6) is 0 Å². The summed E-state index contributed by atoms with van der Waals surface area (Å²) < 4.78 is 0. The molecule has 0 aliphatic heterocycles. The predicted octanol–water partition coefficient (Wildman–Crippen LogP) is 3.27. The van der Waals surface area contributed by atoms with E-state index in [1.165, 1.54) is 0 Å². The Balaban J connectivity index is 1.68. The van der Waals surface area contributed by atoms with Gasteiger partial charge in [-0.05, 0) is 29.3 Å². The van der Waals surface area contributed by atoms with Crippen LogP contribution in [0.1, 0.15) is 5.56 Å². The molecule has 1 heterocycles. The fraction of sp³-hybridized carbons (Fsp3) is 0.0625. The molecule has 0 saturated carbocycles. The van der Waals surface area contributed by atoms with E-state index in [0.717, 1.165) is 34.7 Å². The Labute approximate surface area is 117 Å². The Hall–Kier alpha value is -2.75. The van der Waals surface area contributed by atoms with Crippen molar-refractivity contribution in [3.8, 4) is 11.3 Å². The normalized spacial score (nSPS) is 10.4. The summed E-state index contributed by atoms with van der Waals surface area (Å²) in [5.74, 6) is 0. The molecular weight excluding hydrogens is 248 g/mol. The number of nitrogens with two attached hydrogens (primary N) is 1. The number of rotatable bonds is 4. The van der Waals surface area contributed by atoms with Gasteiger partial charge in [0.25, 0.3) is 0 Å². The number of aromatic nitrogens is 2. The molecule has 2 aromatic carbocycles. The van der Waals surface area contributed by atoms with Crippen molar-refractivity contribution in [3.05, 3.63) is 66.6 Å². The van der Waals surface area contributed by atoms with E-state index in [-0.39, 0.29) is 0 Å². The van der Waals surface area contributed by atoms with Crippen molar-refractivity contribution < 1.29 is 0 Å². The van der Waals surface area contributed by atoms with Crippen molar-refractivity contribution in [2.24, 2.45) is 0 Å². The molecule has 3 aromatic rings. The second-order valence-corrected chi connectivity index (χ2v) is 4.60. The first-order valence-electron chi connectivity index (χ1n) is 6.49. The van der Waals surface area contributed by atoms with E-state index in [2.05, 4.69) is 39.6 Å². The van der Waals surface area contributed by atoms with Crippen LogP contribution < -0.4 is 11.1 Å². The van der Waals surface area contributed by atoms with E-state index >= 15 is 0 Å². The third-order valence-corrected chi connectivity index (χ3v) is 3.23. The standard InChI is InChI=1S/C16H16N4/c17-15-4-2-1-3-13(15)9-19-14-7-5-12(6-8-14)16-10-18-11-20-16/h1-8,10-11,19H,9,17H2,(H,18,20). The van der Waals surface area contributed by atoms with Crippen LogP contribution in [0.4, 0.5) is 11.4 Å². The molecule has 4 nitrogen and oxygen atoms in total. The second kappa shape index (κ2) is 5.48. The van der Waals surface area contributed by atoms with Crippen LogP contribution in [-0.2, 0) is 6.54 Å². The highest BCUT2D eigenvalue weighted by atomic mass is 14.9. The van der Waals surface area contributed by atoms with E-state index in [4.69, 9.17) is 5.73 Å². The molecule has 1 aromatic heterocycles. The summed E-state index contributed by atoms with van der Waals surface area (Å²) in [6, 6.07) is 16.1. The summed E-state index contributed by atoms with van der Waals surface area (Å²) in [5, 5.41) is 3.37. The van der Waals surface area contributed by atoms with E-state index in [9.17, 15) is 0 Å². The highest BCUT2D eigenvalue weighted by molar-refractivity contribution is 5.62. The molecule has 0 radical (unpaired) electrons. The van der Waals surface area contributed by atoms with Gasteiger partial charge in [0.05, 0.1) is 18.2 Å². The van der Waals surface area contributed by atoms with E-state index in [1.807, 2.05) is 30.5 Å². The van der Waals surface area contributed by atoms with Crippen LogP contribution in [0.3, 0.4) is 0 Å². The lowest BCUT2D eigenvalue weighted by molar-refractivity contribution is 1.15. The Bertz CT molecular complexity index is 672. The molecule has 0 aliphatic carbocycles. The van der Waals surface area contributed by atoms with Gasteiger partial charge in [-0.3, -0.25) is 0 Å². The average Bonchev–Trinajstić information content (AvgIpc) is 3.01. The van der Waals surface area contributed by atoms with Crippen molar-refractivity contribution in [2.45, 2.75) is 6.54 Å². The molecule has 0 spiro atoms. The third kappa shape index (κ3) is 2.64. The SMILES string of the molecule is Nc1ccccc1CNc1ccc(-c2cnc[nH]2)cc1. The van der Waals surface area contributed by atoms with Crippen molar-refractivity contribution in [1.82, 2.24) is 9.97 Å².